The van der Waals surface area contributed by atoms with E-state index in [0.717, 1.165) is 24.2 Å². The molecule has 2 aromatic carbocycles. The van der Waals surface area contributed by atoms with Gasteiger partial charge in [-0.3, -0.25) is 10.2 Å². The van der Waals surface area contributed by atoms with E-state index in [2.05, 4.69) is 5.32 Å². The summed E-state index contributed by atoms with van der Waals surface area (Å²) in [4.78, 5) is 12.0. The van der Waals surface area contributed by atoms with Gasteiger partial charge >= 0.3 is 0 Å². The molecule has 1 aliphatic rings. The van der Waals surface area contributed by atoms with Crippen LogP contribution >= 0.6 is 0 Å². The van der Waals surface area contributed by atoms with Gasteiger partial charge in [0.1, 0.15) is 11.6 Å². The number of carbonyl (C=O) groups excluding carboxylic acids is 1. The second kappa shape index (κ2) is 7.83. The molecule has 0 fully saturated rings. The first-order valence-electron chi connectivity index (χ1n) is 8.55. The smallest absolute Gasteiger partial charge is 0.220 e. The molecule has 0 aromatic heterocycles. The molecule has 5 heteroatoms. The summed E-state index contributed by atoms with van der Waals surface area (Å²) in [5.41, 5.74) is 8.52. The monoisotopic (exact) mass is 337 g/mol. The second-order valence-corrected chi connectivity index (χ2v) is 6.30. The Morgan fingerprint density at radius 3 is 2.80 bits per heavy atom. The van der Waals surface area contributed by atoms with Gasteiger partial charge in [0.25, 0.3) is 0 Å². The van der Waals surface area contributed by atoms with Crippen molar-refractivity contribution in [3.05, 3.63) is 65.2 Å². The molecule has 0 aliphatic carbocycles. The lowest BCUT2D eigenvalue weighted by atomic mass is 9.96. The molecule has 25 heavy (non-hydrogen) atoms. The van der Waals surface area contributed by atoms with Crippen molar-refractivity contribution in [3.63, 3.8) is 0 Å². The largest absolute Gasteiger partial charge is 0.493 e. The lowest BCUT2D eigenvalue weighted by Crippen LogP contribution is -2.26. The van der Waals surface area contributed by atoms with Crippen molar-refractivity contribution in [1.29, 1.82) is 5.41 Å². The van der Waals surface area contributed by atoms with Crippen LogP contribution in [0.25, 0.3) is 0 Å². The molecule has 1 heterocycles. The summed E-state index contributed by atoms with van der Waals surface area (Å²) in [7, 11) is 0. The van der Waals surface area contributed by atoms with Crippen LogP contribution in [0.2, 0.25) is 0 Å². The predicted octanol–water partition coefficient (Wildman–Crippen LogP) is 2.59. The third kappa shape index (κ3) is 4.38. The number of carbonyl (C=O) groups is 1. The fourth-order valence-corrected chi connectivity index (χ4v) is 3.06. The molecule has 0 bridgehead atoms. The van der Waals surface area contributed by atoms with Gasteiger partial charge < -0.3 is 15.8 Å². The third-order valence-electron chi connectivity index (χ3n) is 4.50. The van der Waals surface area contributed by atoms with Crippen LogP contribution in [0.4, 0.5) is 0 Å². The maximum absolute atomic E-state index is 12.0. The number of benzene rings is 2. The maximum atomic E-state index is 12.0. The van der Waals surface area contributed by atoms with E-state index in [1.807, 2.05) is 42.5 Å². The number of nitrogens with two attached hydrogens (primary N) is 1. The predicted molar refractivity (Wildman–Crippen MR) is 98.1 cm³/mol. The first-order chi connectivity index (χ1) is 12.1. The highest BCUT2D eigenvalue weighted by Gasteiger charge is 2.24. The number of hydrogen-bond acceptors (Lipinski definition) is 3. The van der Waals surface area contributed by atoms with Gasteiger partial charge in [0, 0.05) is 30.0 Å². The van der Waals surface area contributed by atoms with Gasteiger partial charge in [0.15, 0.2) is 0 Å². The fraction of sp³-hybridized carbons (Fsp3) is 0.300. The molecule has 0 saturated heterocycles. The number of ether oxygens (including phenoxy) is 1. The van der Waals surface area contributed by atoms with Gasteiger partial charge in [-0.2, -0.15) is 0 Å². The Kier molecular flexibility index (Phi) is 5.33. The van der Waals surface area contributed by atoms with Crippen molar-refractivity contribution in [2.75, 3.05) is 13.2 Å². The van der Waals surface area contributed by atoms with Crippen LogP contribution < -0.4 is 15.8 Å². The molecule has 2 aromatic rings. The summed E-state index contributed by atoms with van der Waals surface area (Å²) >= 11 is 0. The summed E-state index contributed by atoms with van der Waals surface area (Å²) in [6, 6.07) is 15.6. The summed E-state index contributed by atoms with van der Waals surface area (Å²) < 4.78 is 5.68. The van der Waals surface area contributed by atoms with E-state index in [1.54, 1.807) is 6.07 Å². The molecule has 0 radical (unpaired) electrons. The number of nitrogen functional groups attached to an aromatic ring is 1. The van der Waals surface area contributed by atoms with Gasteiger partial charge in [0.2, 0.25) is 5.91 Å². The molecule has 3 rings (SSSR count). The minimum atomic E-state index is 0.0580. The van der Waals surface area contributed by atoms with Crippen molar-refractivity contribution in [2.24, 2.45) is 5.73 Å². The minimum absolute atomic E-state index is 0.0580. The highest BCUT2D eigenvalue weighted by Crippen LogP contribution is 2.36. The van der Waals surface area contributed by atoms with Crippen LogP contribution in [0.15, 0.2) is 48.5 Å². The molecule has 130 valence electrons. The Morgan fingerprint density at radius 2 is 2.04 bits per heavy atom. The maximum Gasteiger partial charge on any atom is 0.220 e. The number of aryl methyl sites for hydroxylation is 1. The number of rotatable bonds is 7. The van der Waals surface area contributed by atoms with Gasteiger partial charge in [-0.25, -0.2) is 0 Å². The molecule has 1 atom stereocenters. The molecule has 0 saturated carbocycles. The molecular formula is C20H23N3O2. The highest BCUT2D eigenvalue weighted by atomic mass is 16.5. The normalized spacial score (nSPS) is 15.3. The standard InChI is InChI=1S/C20H23N3O2/c21-20(22)15-7-8-18-17(12-15)16(13-25-18)10-11-23-19(24)9-6-14-4-2-1-3-5-14/h1-5,7-8,12,16H,6,9-11,13H2,(H3,21,22)(H,23,24). The van der Waals surface area contributed by atoms with E-state index >= 15 is 0 Å². The Labute approximate surface area is 147 Å². The van der Waals surface area contributed by atoms with Crippen LogP contribution in [0.1, 0.15) is 35.4 Å². The van der Waals surface area contributed by atoms with Gasteiger partial charge in [-0.1, -0.05) is 30.3 Å². The number of amides is 1. The average Bonchev–Trinajstić information content (AvgIpc) is 3.03. The van der Waals surface area contributed by atoms with Gasteiger partial charge in [0.05, 0.1) is 6.61 Å². The van der Waals surface area contributed by atoms with E-state index in [-0.39, 0.29) is 17.7 Å². The van der Waals surface area contributed by atoms with E-state index in [0.29, 0.717) is 25.1 Å². The Hall–Kier alpha value is -2.82. The fourth-order valence-electron chi connectivity index (χ4n) is 3.06. The second-order valence-electron chi connectivity index (χ2n) is 6.30. The molecule has 1 unspecified atom stereocenters. The van der Waals surface area contributed by atoms with Crippen molar-refractivity contribution >= 4 is 11.7 Å². The van der Waals surface area contributed by atoms with Crippen LogP contribution in [0.5, 0.6) is 5.75 Å². The lowest BCUT2D eigenvalue weighted by molar-refractivity contribution is -0.121. The van der Waals surface area contributed by atoms with Gasteiger partial charge in [-0.05, 0) is 36.6 Å². The molecule has 5 nitrogen and oxygen atoms in total. The average molecular weight is 337 g/mol. The Morgan fingerprint density at radius 1 is 1.24 bits per heavy atom. The number of fused-ring (bicyclic) bond motifs is 1. The van der Waals surface area contributed by atoms with E-state index in [9.17, 15) is 4.79 Å². The van der Waals surface area contributed by atoms with E-state index < -0.39 is 0 Å². The molecular weight excluding hydrogens is 314 g/mol. The Balaban J connectivity index is 1.46. The van der Waals surface area contributed by atoms with Crippen molar-refractivity contribution in [3.8, 4) is 5.75 Å². The van der Waals surface area contributed by atoms with E-state index in [1.165, 1.54) is 5.56 Å². The first kappa shape index (κ1) is 17.0. The summed E-state index contributed by atoms with van der Waals surface area (Å²) in [5.74, 6) is 1.21. The Bertz CT molecular complexity index is 759. The van der Waals surface area contributed by atoms with Gasteiger partial charge in [-0.15, -0.1) is 0 Å². The first-order valence-corrected chi connectivity index (χ1v) is 8.55. The van der Waals surface area contributed by atoms with Crippen LogP contribution in [-0.2, 0) is 11.2 Å². The summed E-state index contributed by atoms with van der Waals surface area (Å²) in [5, 5.41) is 10.5. The lowest BCUT2D eigenvalue weighted by Gasteiger charge is -2.11. The molecule has 1 amide bonds. The summed E-state index contributed by atoms with van der Waals surface area (Å²) in [6.45, 7) is 1.22. The van der Waals surface area contributed by atoms with Crippen LogP contribution in [0.3, 0.4) is 0 Å². The third-order valence-corrected chi connectivity index (χ3v) is 4.50. The van der Waals surface area contributed by atoms with Crippen LogP contribution in [-0.4, -0.2) is 24.9 Å². The van der Waals surface area contributed by atoms with Crippen molar-refractivity contribution in [2.45, 2.75) is 25.2 Å². The quantitative estimate of drug-likeness (QED) is 0.536. The summed E-state index contributed by atoms with van der Waals surface area (Å²) in [6.07, 6.45) is 2.06. The molecule has 0 spiro atoms. The zero-order chi connectivity index (χ0) is 17.6. The zero-order valence-corrected chi connectivity index (χ0v) is 14.1. The van der Waals surface area contributed by atoms with E-state index in [4.69, 9.17) is 15.9 Å². The zero-order valence-electron chi connectivity index (χ0n) is 14.1. The number of nitrogens with one attached hydrogen (secondary N) is 2. The molecule has 4 N–H and O–H groups in total. The SMILES string of the molecule is N=C(N)c1ccc2c(c1)C(CCNC(=O)CCc1ccccc1)CO2. The molecule has 1 aliphatic heterocycles. The minimum Gasteiger partial charge on any atom is -0.493 e. The topological polar surface area (TPSA) is 88.2 Å². The number of amidine groups is 1. The van der Waals surface area contributed by atoms with Crippen LogP contribution in [0, 0.1) is 5.41 Å². The number of hydrogen-bond donors (Lipinski definition) is 3. The van der Waals surface area contributed by atoms with Crippen molar-refractivity contribution < 1.29 is 9.53 Å². The highest BCUT2D eigenvalue weighted by molar-refractivity contribution is 5.95. The van der Waals surface area contributed by atoms with Crippen molar-refractivity contribution in [1.82, 2.24) is 5.32 Å².